The van der Waals surface area contributed by atoms with E-state index in [-0.39, 0.29) is 5.91 Å². The summed E-state index contributed by atoms with van der Waals surface area (Å²) in [7, 11) is 0. The summed E-state index contributed by atoms with van der Waals surface area (Å²) in [6.07, 6.45) is 1.57. The number of nitrogens with one attached hydrogen (secondary N) is 1. The number of amides is 1. The van der Waals surface area contributed by atoms with Gasteiger partial charge in [0.15, 0.2) is 0 Å². The highest BCUT2D eigenvalue weighted by Gasteiger charge is 2.07. The van der Waals surface area contributed by atoms with Gasteiger partial charge in [-0.25, -0.2) is 5.43 Å². The SMILES string of the molecule is Nc1ccccc1C(=O)N/N=C\c1cccc(OCc2cccc3ccccc23)c1. The molecule has 0 atom stereocenters. The average Bonchev–Trinajstić information content (AvgIpc) is 2.78. The molecule has 5 nitrogen and oxygen atoms in total. The van der Waals surface area contributed by atoms with Gasteiger partial charge in [-0.15, -0.1) is 0 Å². The van der Waals surface area contributed by atoms with Crippen LogP contribution in [0.5, 0.6) is 5.75 Å². The highest BCUT2D eigenvalue weighted by atomic mass is 16.5. The van der Waals surface area contributed by atoms with E-state index < -0.39 is 0 Å². The number of anilines is 1. The van der Waals surface area contributed by atoms with Crippen molar-refractivity contribution in [3.63, 3.8) is 0 Å². The first kappa shape index (κ1) is 19.2. The van der Waals surface area contributed by atoms with Crippen molar-refractivity contribution >= 4 is 28.6 Å². The summed E-state index contributed by atoms with van der Waals surface area (Å²) < 4.78 is 5.99. The first-order valence-electron chi connectivity index (χ1n) is 9.58. The summed E-state index contributed by atoms with van der Waals surface area (Å²) >= 11 is 0. The van der Waals surface area contributed by atoms with Crippen molar-refractivity contribution in [2.24, 2.45) is 5.10 Å². The van der Waals surface area contributed by atoms with E-state index in [1.807, 2.05) is 42.5 Å². The molecule has 4 rings (SSSR count). The summed E-state index contributed by atoms with van der Waals surface area (Å²) in [5.74, 6) is 0.373. The molecule has 0 saturated carbocycles. The van der Waals surface area contributed by atoms with Crippen molar-refractivity contribution in [3.8, 4) is 5.75 Å². The maximum Gasteiger partial charge on any atom is 0.273 e. The number of carbonyl (C=O) groups excluding carboxylic acids is 1. The molecule has 148 valence electrons. The highest BCUT2D eigenvalue weighted by Crippen LogP contribution is 2.21. The van der Waals surface area contributed by atoms with Crippen molar-refractivity contribution in [1.82, 2.24) is 5.43 Å². The largest absolute Gasteiger partial charge is 0.489 e. The Hall–Kier alpha value is -4.12. The molecular weight excluding hydrogens is 374 g/mol. The van der Waals surface area contributed by atoms with E-state index in [4.69, 9.17) is 10.5 Å². The lowest BCUT2D eigenvalue weighted by Crippen LogP contribution is -2.18. The number of carbonyl (C=O) groups is 1. The van der Waals surface area contributed by atoms with Crippen LogP contribution in [0.4, 0.5) is 5.69 Å². The zero-order valence-corrected chi connectivity index (χ0v) is 16.3. The van der Waals surface area contributed by atoms with Crippen LogP contribution in [0.15, 0.2) is 96.1 Å². The molecule has 0 radical (unpaired) electrons. The van der Waals surface area contributed by atoms with E-state index in [1.165, 1.54) is 10.8 Å². The van der Waals surface area contributed by atoms with E-state index in [0.717, 1.165) is 16.9 Å². The number of hydrazone groups is 1. The van der Waals surface area contributed by atoms with Crippen LogP contribution in [-0.2, 0) is 6.61 Å². The van der Waals surface area contributed by atoms with E-state index in [9.17, 15) is 4.79 Å². The van der Waals surface area contributed by atoms with Gasteiger partial charge in [0.2, 0.25) is 0 Å². The molecule has 0 unspecified atom stereocenters. The molecule has 0 aliphatic rings. The third-order valence-electron chi connectivity index (χ3n) is 4.72. The minimum absolute atomic E-state index is 0.354. The Labute approximate surface area is 174 Å². The number of fused-ring (bicyclic) bond motifs is 1. The maximum absolute atomic E-state index is 12.2. The smallest absolute Gasteiger partial charge is 0.273 e. The minimum atomic E-state index is -0.354. The van der Waals surface area contributed by atoms with Crippen LogP contribution in [0.3, 0.4) is 0 Å². The predicted octanol–water partition coefficient (Wildman–Crippen LogP) is 4.76. The molecule has 5 heteroatoms. The normalized spacial score (nSPS) is 10.9. The van der Waals surface area contributed by atoms with Crippen LogP contribution < -0.4 is 15.9 Å². The number of para-hydroxylation sites is 1. The van der Waals surface area contributed by atoms with Crippen LogP contribution >= 0.6 is 0 Å². The number of nitrogens with two attached hydrogens (primary N) is 1. The number of benzene rings is 4. The topological polar surface area (TPSA) is 76.7 Å². The molecule has 0 saturated heterocycles. The molecule has 0 fully saturated rings. The lowest BCUT2D eigenvalue weighted by molar-refractivity contribution is 0.0956. The lowest BCUT2D eigenvalue weighted by atomic mass is 10.1. The van der Waals surface area contributed by atoms with Crippen LogP contribution in [-0.4, -0.2) is 12.1 Å². The summed E-state index contributed by atoms with van der Waals surface area (Å²) in [5, 5.41) is 6.39. The monoisotopic (exact) mass is 395 g/mol. The second-order valence-electron chi connectivity index (χ2n) is 6.79. The number of hydrogen-bond donors (Lipinski definition) is 2. The zero-order chi connectivity index (χ0) is 20.8. The van der Waals surface area contributed by atoms with E-state index in [0.29, 0.717) is 17.9 Å². The standard InChI is InChI=1S/C25H21N3O2/c26-24-14-4-3-13-23(24)25(29)28-27-16-18-7-5-11-21(15-18)30-17-20-10-6-9-19-8-1-2-12-22(19)20/h1-16H,17,26H2,(H,28,29)/b27-16-. The average molecular weight is 395 g/mol. The third-order valence-corrected chi connectivity index (χ3v) is 4.72. The molecule has 4 aromatic carbocycles. The summed E-state index contributed by atoms with van der Waals surface area (Å²) in [6.45, 7) is 0.464. The molecular formula is C25H21N3O2. The number of rotatable bonds is 6. The predicted molar refractivity (Wildman–Crippen MR) is 121 cm³/mol. The van der Waals surface area contributed by atoms with Gasteiger partial charge in [0, 0.05) is 5.69 Å². The van der Waals surface area contributed by atoms with Crippen LogP contribution in [0.25, 0.3) is 10.8 Å². The van der Waals surface area contributed by atoms with Gasteiger partial charge in [-0.3, -0.25) is 4.79 Å². The minimum Gasteiger partial charge on any atom is -0.489 e. The molecule has 0 bridgehead atoms. The molecule has 3 N–H and O–H groups in total. The molecule has 4 aromatic rings. The van der Waals surface area contributed by atoms with Gasteiger partial charge in [0.05, 0.1) is 11.8 Å². The van der Waals surface area contributed by atoms with Crippen molar-refractivity contribution in [2.75, 3.05) is 5.73 Å². The van der Waals surface area contributed by atoms with E-state index in [2.05, 4.69) is 34.8 Å². The molecule has 0 aliphatic heterocycles. The Morgan fingerprint density at radius 1 is 0.933 bits per heavy atom. The molecule has 0 heterocycles. The highest BCUT2D eigenvalue weighted by molar-refractivity contribution is 5.99. The van der Waals surface area contributed by atoms with Gasteiger partial charge in [-0.1, -0.05) is 66.7 Å². The Morgan fingerprint density at radius 2 is 1.70 bits per heavy atom. The van der Waals surface area contributed by atoms with Crippen molar-refractivity contribution < 1.29 is 9.53 Å². The number of hydrogen-bond acceptors (Lipinski definition) is 4. The van der Waals surface area contributed by atoms with Crippen LogP contribution in [0, 0.1) is 0 Å². The molecule has 1 amide bonds. The van der Waals surface area contributed by atoms with E-state index >= 15 is 0 Å². The Morgan fingerprint density at radius 3 is 2.60 bits per heavy atom. The van der Waals surface area contributed by atoms with Gasteiger partial charge in [-0.05, 0) is 46.2 Å². The molecule has 30 heavy (non-hydrogen) atoms. The first-order chi connectivity index (χ1) is 14.7. The van der Waals surface area contributed by atoms with Gasteiger partial charge in [0.1, 0.15) is 12.4 Å². The second kappa shape index (κ2) is 8.92. The van der Waals surface area contributed by atoms with Gasteiger partial charge < -0.3 is 10.5 Å². The van der Waals surface area contributed by atoms with Crippen LogP contribution in [0.1, 0.15) is 21.5 Å². The summed E-state index contributed by atoms with van der Waals surface area (Å²) in [4.78, 5) is 12.2. The molecule has 0 spiro atoms. The number of nitrogens with zero attached hydrogens (tertiary/aromatic N) is 1. The zero-order valence-electron chi connectivity index (χ0n) is 16.3. The number of ether oxygens (including phenoxy) is 1. The summed E-state index contributed by atoms with van der Waals surface area (Å²) in [6, 6.07) is 28.8. The van der Waals surface area contributed by atoms with Crippen molar-refractivity contribution in [1.29, 1.82) is 0 Å². The van der Waals surface area contributed by atoms with Crippen molar-refractivity contribution in [3.05, 3.63) is 108 Å². The Kier molecular flexibility index (Phi) is 5.71. The Balaban J connectivity index is 1.41. The van der Waals surface area contributed by atoms with Crippen LogP contribution in [0.2, 0.25) is 0 Å². The first-order valence-corrected chi connectivity index (χ1v) is 9.58. The van der Waals surface area contributed by atoms with E-state index in [1.54, 1.807) is 30.5 Å². The van der Waals surface area contributed by atoms with Crippen molar-refractivity contribution in [2.45, 2.75) is 6.61 Å². The fourth-order valence-corrected chi connectivity index (χ4v) is 3.19. The van der Waals surface area contributed by atoms with Gasteiger partial charge >= 0.3 is 0 Å². The van der Waals surface area contributed by atoms with Gasteiger partial charge in [-0.2, -0.15) is 5.10 Å². The van der Waals surface area contributed by atoms with Gasteiger partial charge in [0.25, 0.3) is 5.91 Å². The second-order valence-corrected chi connectivity index (χ2v) is 6.79. The Bertz CT molecular complexity index is 1210. The molecule has 0 aliphatic carbocycles. The fraction of sp³-hybridized carbons (Fsp3) is 0.0400. The molecule has 0 aromatic heterocycles. The third kappa shape index (κ3) is 4.47. The fourth-order valence-electron chi connectivity index (χ4n) is 3.19. The quantitative estimate of drug-likeness (QED) is 0.281. The summed E-state index contributed by atoms with van der Waals surface area (Å²) in [5.41, 5.74) is 11.0. The lowest BCUT2D eigenvalue weighted by Gasteiger charge is -2.09. The number of nitrogen functional groups attached to an aromatic ring is 1. The maximum atomic E-state index is 12.2.